The van der Waals surface area contributed by atoms with Crippen LogP contribution >= 0.6 is 11.8 Å². The lowest BCUT2D eigenvalue weighted by Crippen LogP contribution is -2.47. The summed E-state index contributed by atoms with van der Waals surface area (Å²) in [5.41, 5.74) is 0.527. The molecule has 0 bridgehead atoms. The summed E-state index contributed by atoms with van der Waals surface area (Å²) in [4.78, 5) is 34.4. The molecule has 2 amide bonds. The highest BCUT2D eigenvalue weighted by Crippen LogP contribution is 2.25. The molecule has 0 fully saturated rings. The lowest BCUT2D eigenvalue weighted by atomic mass is 10.1. The number of amides is 2. The third kappa shape index (κ3) is 4.10. The van der Waals surface area contributed by atoms with Crippen molar-refractivity contribution in [3.63, 3.8) is 0 Å². The molecule has 1 unspecified atom stereocenters. The Bertz CT molecular complexity index is 590. The molecule has 2 heterocycles. The van der Waals surface area contributed by atoms with Crippen LogP contribution in [0.25, 0.3) is 0 Å². The van der Waals surface area contributed by atoms with Crippen molar-refractivity contribution in [2.45, 2.75) is 44.7 Å². The maximum absolute atomic E-state index is 12.7. The lowest BCUT2D eigenvalue weighted by molar-refractivity contribution is -0.170. The number of likely N-dealkylation sites (N-methyl/N-ethyl adjacent to an activating group) is 1. The van der Waals surface area contributed by atoms with Crippen LogP contribution in [0.1, 0.15) is 48.5 Å². The number of hydrogen-bond donors (Lipinski definition) is 1. The number of thioether (sulfide) groups is 1. The molecular weight excluding hydrogens is 328 g/mol. The zero-order chi connectivity index (χ0) is 17.7. The highest BCUT2D eigenvalue weighted by atomic mass is 32.2. The Hall–Kier alpha value is -1.54. The first-order valence-corrected chi connectivity index (χ1v) is 9.56. The van der Waals surface area contributed by atoms with E-state index in [0.717, 1.165) is 35.9 Å². The molecule has 1 aliphatic rings. The van der Waals surface area contributed by atoms with Gasteiger partial charge in [-0.25, -0.2) is 10.0 Å². The number of rotatable bonds is 7. The predicted octanol–water partition coefficient (Wildman–Crippen LogP) is 1.65. The largest absolute Gasteiger partial charge is 0.339 e. The van der Waals surface area contributed by atoms with E-state index in [1.165, 1.54) is 7.11 Å². The van der Waals surface area contributed by atoms with Crippen molar-refractivity contribution in [2.75, 3.05) is 26.2 Å². The van der Waals surface area contributed by atoms with Crippen LogP contribution in [0.15, 0.2) is 6.20 Å². The van der Waals surface area contributed by atoms with E-state index in [1.807, 2.05) is 10.8 Å². The van der Waals surface area contributed by atoms with Crippen LogP contribution in [0.5, 0.6) is 0 Å². The summed E-state index contributed by atoms with van der Waals surface area (Å²) in [6.45, 7) is 2.09. The molecule has 0 aromatic carbocycles. The molecule has 0 saturated heterocycles. The molecule has 1 aliphatic heterocycles. The molecule has 0 saturated carbocycles. The Morgan fingerprint density at radius 3 is 3.00 bits per heavy atom. The summed E-state index contributed by atoms with van der Waals surface area (Å²) < 4.78 is 2.00. The van der Waals surface area contributed by atoms with E-state index < -0.39 is 6.04 Å². The molecule has 7 nitrogen and oxygen atoms in total. The number of aromatic nitrogens is 2. The maximum Gasteiger partial charge on any atom is 0.270 e. The van der Waals surface area contributed by atoms with Gasteiger partial charge in [-0.3, -0.25) is 14.4 Å². The molecule has 1 N–H and O–H groups in total. The molecule has 0 aliphatic carbocycles. The van der Waals surface area contributed by atoms with Crippen LogP contribution in [0, 0.1) is 0 Å². The summed E-state index contributed by atoms with van der Waals surface area (Å²) >= 11 is 1.63. The fourth-order valence-corrected chi connectivity index (χ4v) is 3.43. The Morgan fingerprint density at radius 2 is 2.33 bits per heavy atom. The second-order valence-electron chi connectivity index (χ2n) is 6.00. The first kappa shape index (κ1) is 18.8. The number of carbonyl (C=O) groups is 2. The summed E-state index contributed by atoms with van der Waals surface area (Å²) in [5, 5.41) is 4.01. The zero-order valence-electron chi connectivity index (χ0n) is 14.7. The van der Waals surface area contributed by atoms with Crippen molar-refractivity contribution < 1.29 is 14.4 Å². The van der Waals surface area contributed by atoms with Gasteiger partial charge in [0.2, 0.25) is 0 Å². The van der Waals surface area contributed by atoms with Crippen LogP contribution in [-0.2, 0) is 16.1 Å². The van der Waals surface area contributed by atoms with Gasteiger partial charge in [0.25, 0.3) is 11.8 Å². The van der Waals surface area contributed by atoms with Crippen molar-refractivity contribution in [1.29, 1.82) is 0 Å². The van der Waals surface area contributed by atoms with Crippen LogP contribution < -0.4 is 5.32 Å². The normalized spacial score (nSPS) is 17.9. The van der Waals surface area contributed by atoms with E-state index in [4.69, 9.17) is 4.84 Å². The molecule has 1 aromatic rings. The Kier molecular flexibility index (Phi) is 6.68. The van der Waals surface area contributed by atoms with Gasteiger partial charge in [-0.2, -0.15) is 11.8 Å². The topological polar surface area (TPSA) is 76.5 Å². The van der Waals surface area contributed by atoms with Crippen LogP contribution in [-0.4, -0.2) is 58.6 Å². The molecule has 134 valence electrons. The SMILES string of the molecule is CON(C)C(=O)[C@H](CCSC)NC(=O)c1cnc2n1C(C)CCC2. The summed E-state index contributed by atoms with van der Waals surface area (Å²) in [6.07, 6.45) is 7.15. The van der Waals surface area contributed by atoms with Gasteiger partial charge in [0.1, 0.15) is 17.6 Å². The minimum absolute atomic E-state index is 0.249. The Morgan fingerprint density at radius 1 is 1.58 bits per heavy atom. The van der Waals surface area contributed by atoms with Crippen molar-refractivity contribution >= 4 is 23.6 Å². The van der Waals surface area contributed by atoms with Gasteiger partial charge >= 0.3 is 0 Å². The predicted molar refractivity (Wildman–Crippen MR) is 93.9 cm³/mol. The summed E-state index contributed by atoms with van der Waals surface area (Å²) in [7, 11) is 2.98. The van der Waals surface area contributed by atoms with Crippen LogP contribution in [0.2, 0.25) is 0 Å². The van der Waals surface area contributed by atoms with Crippen molar-refractivity contribution in [1.82, 2.24) is 19.9 Å². The number of nitrogens with one attached hydrogen (secondary N) is 1. The monoisotopic (exact) mass is 354 g/mol. The molecule has 0 spiro atoms. The Balaban J connectivity index is 2.15. The lowest BCUT2D eigenvalue weighted by Gasteiger charge is -2.25. The van der Waals surface area contributed by atoms with E-state index >= 15 is 0 Å². The van der Waals surface area contributed by atoms with Gasteiger partial charge in [-0.1, -0.05) is 0 Å². The van der Waals surface area contributed by atoms with Crippen molar-refractivity contribution in [3.8, 4) is 0 Å². The summed E-state index contributed by atoms with van der Waals surface area (Å²) in [5.74, 6) is 1.20. The minimum atomic E-state index is -0.611. The van der Waals surface area contributed by atoms with Crippen LogP contribution in [0.4, 0.5) is 0 Å². The zero-order valence-corrected chi connectivity index (χ0v) is 15.6. The number of imidazole rings is 1. The highest BCUT2D eigenvalue weighted by Gasteiger charge is 2.28. The summed E-state index contributed by atoms with van der Waals surface area (Å²) in [6, 6.07) is -0.362. The fourth-order valence-electron chi connectivity index (χ4n) is 2.96. The average Bonchev–Trinajstić information content (AvgIpc) is 3.02. The van der Waals surface area contributed by atoms with E-state index in [2.05, 4.69) is 17.2 Å². The highest BCUT2D eigenvalue weighted by molar-refractivity contribution is 7.98. The van der Waals surface area contributed by atoms with Crippen molar-refractivity contribution in [2.24, 2.45) is 0 Å². The second kappa shape index (κ2) is 8.53. The molecule has 2 atom stereocenters. The number of carbonyl (C=O) groups excluding carboxylic acids is 2. The fraction of sp³-hybridized carbons (Fsp3) is 0.688. The van der Waals surface area contributed by atoms with Crippen molar-refractivity contribution in [3.05, 3.63) is 17.7 Å². The quantitative estimate of drug-likeness (QED) is 0.754. The van der Waals surface area contributed by atoms with Gasteiger partial charge in [0, 0.05) is 19.5 Å². The standard InChI is InChI=1S/C16H26N4O3S/c1-11-6-5-7-14-17-10-13(20(11)14)15(21)18-12(8-9-24-4)16(22)19(2)23-3/h10-12H,5-9H2,1-4H3,(H,18,21)/t11?,12-/m0/s1. The van der Waals surface area contributed by atoms with E-state index in [1.54, 1.807) is 25.0 Å². The second-order valence-corrected chi connectivity index (χ2v) is 6.98. The third-order valence-electron chi connectivity index (χ3n) is 4.37. The Labute approximate surface area is 147 Å². The van der Waals surface area contributed by atoms with E-state index in [0.29, 0.717) is 12.1 Å². The number of hydrogen-bond acceptors (Lipinski definition) is 5. The minimum Gasteiger partial charge on any atom is -0.339 e. The maximum atomic E-state index is 12.7. The molecule has 0 radical (unpaired) electrons. The van der Waals surface area contributed by atoms with Gasteiger partial charge < -0.3 is 9.88 Å². The van der Waals surface area contributed by atoms with Gasteiger partial charge in [0.05, 0.1) is 13.3 Å². The van der Waals surface area contributed by atoms with Crippen LogP contribution in [0.3, 0.4) is 0 Å². The number of hydroxylamine groups is 2. The van der Waals surface area contributed by atoms with Gasteiger partial charge in [-0.15, -0.1) is 0 Å². The molecule has 8 heteroatoms. The first-order chi connectivity index (χ1) is 11.5. The van der Waals surface area contributed by atoms with Gasteiger partial charge in [-0.05, 0) is 38.2 Å². The molecule has 1 aromatic heterocycles. The third-order valence-corrected chi connectivity index (χ3v) is 5.01. The molecular formula is C16H26N4O3S. The van der Waals surface area contributed by atoms with E-state index in [9.17, 15) is 9.59 Å². The first-order valence-electron chi connectivity index (χ1n) is 8.17. The number of nitrogens with zero attached hydrogens (tertiary/aromatic N) is 3. The molecule has 24 heavy (non-hydrogen) atoms. The smallest absolute Gasteiger partial charge is 0.270 e. The average molecular weight is 354 g/mol. The number of fused-ring (bicyclic) bond motifs is 1. The van der Waals surface area contributed by atoms with E-state index in [-0.39, 0.29) is 17.9 Å². The number of aryl methyl sites for hydroxylation is 1. The van der Waals surface area contributed by atoms with Gasteiger partial charge in [0.15, 0.2) is 0 Å². The molecule has 2 rings (SSSR count).